The van der Waals surface area contributed by atoms with E-state index in [-0.39, 0.29) is 12.1 Å². The SMILES string of the molecule is O=Cc1cccc2cccc(C(=O)NCC(CO)(CN3C(=O)c4cccc5cccc(c45)C3=O)CN3C(=O)c4cccc5cccc(c45)C3=O)c12. The minimum absolute atomic E-state index is 0.193. The number of hydrogen-bond donors (Lipinski definition) is 2. The number of hydrogen-bond acceptors (Lipinski definition) is 7. The standard InChI is InChI=1S/C41H29N3O7/c45-19-27-13-1-7-24-8-2-14-28(33(24)27)36(47)42-20-41(23-46,21-43-37(48)29-15-3-9-25-10-4-16-30(34(25)29)38(43)49)22-44-39(50)31-17-5-11-26-12-6-18-32(35(26)31)40(44)51/h1-19,46H,20-23H2,(H,42,47). The van der Waals surface area contributed by atoms with Crippen molar-refractivity contribution in [2.45, 2.75) is 0 Å². The number of carbonyl (C=O) groups excluding carboxylic acids is 6. The lowest BCUT2D eigenvalue weighted by Gasteiger charge is -2.41. The summed E-state index contributed by atoms with van der Waals surface area (Å²) in [7, 11) is 0. The van der Waals surface area contributed by atoms with Gasteiger partial charge >= 0.3 is 0 Å². The maximum Gasteiger partial charge on any atom is 0.261 e. The summed E-state index contributed by atoms with van der Waals surface area (Å²) in [6.07, 6.45) is 0.662. The molecular weight excluding hydrogens is 646 g/mol. The Kier molecular flexibility index (Phi) is 7.54. The maximum atomic E-state index is 14.1. The first-order valence-electron chi connectivity index (χ1n) is 16.4. The van der Waals surface area contributed by atoms with Crippen LogP contribution in [-0.4, -0.2) is 77.0 Å². The first kappa shape index (κ1) is 31.7. The van der Waals surface area contributed by atoms with Crippen molar-refractivity contribution in [2.24, 2.45) is 5.41 Å². The van der Waals surface area contributed by atoms with Crippen LogP contribution < -0.4 is 5.32 Å². The van der Waals surface area contributed by atoms with Gasteiger partial charge in [0.05, 0.1) is 6.61 Å². The van der Waals surface area contributed by atoms with E-state index < -0.39 is 54.6 Å². The molecule has 0 aromatic heterocycles. The van der Waals surface area contributed by atoms with Crippen molar-refractivity contribution in [3.05, 3.63) is 143 Å². The third kappa shape index (κ3) is 4.99. The zero-order valence-electron chi connectivity index (χ0n) is 27.1. The van der Waals surface area contributed by atoms with Gasteiger partial charge in [-0.1, -0.05) is 78.9 Å². The van der Waals surface area contributed by atoms with E-state index in [1.54, 1.807) is 109 Å². The molecule has 51 heavy (non-hydrogen) atoms. The number of benzene rings is 6. The zero-order valence-corrected chi connectivity index (χ0v) is 27.1. The summed E-state index contributed by atoms with van der Waals surface area (Å²) < 4.78 is 0. The Morgan fingerprint density at radius 2 is 0.980 bits per heavy atom. The minimum Gasteiger partial charge on any atom is -0.396 e. The average molecular weight is 676 g/mol. The lowest BCUT2D eigenvalue weighted by atomic mass is 9.84. The number of amides is 5. The van der Waals surface area contributed by atoms with Crippen LogP contribution in [0, 0.1) is 5.41 Å². The van der Waals surface area contributed by atoms with Gasteiger partial charge in [0.2, 0.25) is 0 Å². The molecule has 8 rings (SSSR count). The molecule has 0 atom stereocenters. The fourth-order valence-corrected chi connectivity index (χ4v) is 7.46. The molecule has 0 saturated carbocycles. The van der Waals surface area contributed by atoms with E-state index in [2.05, 4.69) is 5.32 Å². The second-order valence-corrected chi connectivity index (χ2v) is 13.0. The summed E-state index contributed by atoms with van der Waals surface area (Å²) in [5.74, 6) is -3.02. The van der Waals surface area contributed by atoms with Crippen molar-refractivity contribution in [1.82, 2.24) is 15.1 Å². The summed E-state index contributed by atoms with van der Waals surface area (Å²) in [6, 6.07) is 30.7. The van der Waals surface area contributed by atoms with Gasteiger partial charge in [-0.2, -0.15) is 0 Å². The van der Waals surface area contributed by atoms with E-state index in [0.29, 0.717) is 66.4 Å². The van der Waals surface area contributed by atoms with Gasteiger partial charge < -0.3 is 10.4 Å². The van der Waals surface area contributed by atoms with Crippen molar-refractivity contribution in [2.75, 3.05) is 26.2 Å². The van der Waals surface area contributed by atoms with Crippen LogP contribution in [0.4, 0.5) is 0 Å². The molecule has 2 aliphatic rings. The number of nitrogens with one attached hydrogen (secondary N) is 1. The molecule has 0 saturated heterocycles. The van der Waals surface area contributed by atoms with Crippen molar-refractivity contribution in [1.29, 1.82) is 0 Å². The molecule has 6 aromatic rings. The second kappa shape index (κ2) is 12.1. The van der Waals surface area contributed by atoms with E-state index in [0.717, 1.165) is 9.80 Å². The number of fused-ring (bicyclic) bond motifs is 1. The molecule has 2 heterocycles. The number of aldehydes is 1. The third-order valence-corrected chi connectivity index (χ3v) is 9.97. The van der Waals surface area contributed by atoms with E-state index in [4.69, 9.17) is 0 Å². The van der Waals surface area contributed by atoms with Crippen LogP contribution in [-0.2, 0) is 0 Å². The Bertz CT molecular complexity index is 2300. The summed E-state index contributed by atoms with van der Waals surface area (Å²) in [6.45, 7) is -1.96. The van der Waals surface area contributed by atoms with Gasteiger partial charge in [-0.25, -0.2) is 0 Å². The van der Waals surface area contributed by atoms with Crippen LogP contribution >= 0.6 is 0 Å². The third-order valence-electron chi connectivity index (χ3n) is 9.97. The fourth-order valence-electron chi connectivity index (χ4n) is 7.46. The van der Waals surface area contributed by atoms with Crippen molar-refractivity contribution in [3.8, 4) is 0 Å². The number of aliphatic hydroxyl groups is 1. The summed E-state index contributed by atoms with van der Waals surface area (Å²) in [5.41, 5.74) is 0.0516. The summed E-state index contributed by atoms with van der Waals surface area (Å²) >= 11 is 0. The highest BCUT2D eigenvalue weighted by Crippen LogP contribution is 2.35. The zero-order chi connectivity index (χ0) is 35.4. The van der Waals surface area contributed by atoms with Gasteiger partial charge in [-0.05, 0) is 46.5 Å². The van der Waals surface area contributed by atoms with Crippen molar-refractivity contribution in [3.63, 3.8) is 0 Å². The van der Waals surface area contributed by atoms with Crippen molar-refractivity contribution >= 4 is 68.1 Å². The quantitative estimate of drug-likeness (QED) is 0.157. The molecule has 0 unspecified atom stereocenters. The first-order chi connectivity index (χ1) is 24.7. The van der Waals surface area contributed by atoms with Crippen LogP contribution in [0.5, 0.6) is 0 Å². The highest BCUT2D eigenvalue weighted by Gasteiger charge is 2.45. The van der Waals surface area contributed by atoms with E-state index >= 15 is 0 Å². The van der Waals surface area contributed by atoms with E-state index in [1.807, 2.05) is 0 Å². The Morgan fingerprint density at radius 1 is 0.588 bits per heavy atom. The van der Waals surface area contributed by atoms with Crippen LogP contribution in [0.3, 0.4) is 0 Å². The average Bonchev–Trinajstić information content (AvgIpc) is 3.17. The van der Waals surface area contributed by atoms with Crippen LogP contribution in [0.25, 0.3) is 32.3 Å². The maximum absolute atomic E-state index is 14.1. The second-order valence-electron chi connectivity index (χ2n) is 13.0. The highest BCUT2D eigenvalue weighted by atomic mass is 16.3. The smallest absolute Gasteiger partial charge is 0.261 e. The minimum atomic E-state index is -1.62. The first-order valence-corrected chi connectivity index (χ1v) is 16.4. The molecule has 2 N–H and O–H groups in total. The van der Waals surface area contributed by atoms with E-state index in [9.17, 15) is 33.9 Å². The Balaban J connectivity index is 1.20. The van der Waals surface area contributed by atoms with Gasteiger partial charge in [-0.3, -0.25) is 38.6 Å². The van der Waals surface area contributed by atoms with Crippen molar-refractivity contribution < 1.29 is 33.9 Å². The lowest BCUT2D eigenvalue weighted by molar-refractivity contribution is 0.0264. The molecule has 0 bridgehead atoms. The monoisotopic (exact) mass is 675 g/mol. The lowest BCUT2D eigenvalue weighted by Crippen LogP contribution is -2.58. The number of aliphatic hydroxyl groups excluding tert-OH is 1. The van der Waals surface area contributed by atoms with Gasteiger partial charge in [0, 0.05) is 74.6 Å². The molecule has 0 radical (unpaired) electrons. The molecule has 2 aliphatic heterocycles. The van der Waals surface area contributed by atoms with Crippen LogP contribution in [0.2, 0.25) is 0 Å². The van der Waals surface area contributed by atoms with Crippen LogP contribution in [0.15, 0.2) is 109 Å². The molecule has 0 aliphatic carbocycles. The summed E-state index contributed by atoms with van der Waals surface area (Å²) in [5, 5.41) is 17.6. The summed E-state index contributed by atoms with van der Waals surface area (Å²) in [4.78, 5) is 84.1. The molecule has 10 nitrogen and oxygen atoms in total. The van der Waals surface area contributed by atoms with Gasteiger partial charge in [0.25, 0.3) is 29.5 Å². The molecule has 0 spiro atoms. The molecule has 6 aromatic carbocycles. The Morgan fingerprint density at radius 3 is 1.39 bits per heavy atom. The van der Waals surface area contributed by atoms with Gasteiger partial charge in [0.1, 0.15) is 0 Å². The van der Waals surface area contributed by atoms with Gasteiger partial charge in [0.15, 0.2) is 6.29 Å². The number of rotatable bonds is 9. The molecular formula is C41H29N3O7. The number of nitrogens with zero attached hydrogens (tertiary/aromatic N) is 2. The normalized spacial score (nSPS) is 14.1. The predicted octanol–water partition coefficient (Wildman–Crippen LogP) is 5.26. The highest BCUT2D eigenvalue weighted by molar-refractivity contribution is 6.26. The fraction of sp³-hybridized carbons (Fsp3) is 0.122. The molecule has 250 valence electrons. The molecule has 10 heteroatoms. The number of imide groups is 2. The largest absolute Gasteiger partial charge is 0.396 e. The van der Waals surface area contributed by atoms with Crippen LogP contribution in [0.1, 0.15) is 62.1 Å². The molecule has 5 amide bonds. The van der Waals surface area contributed by atoms with E-state index in [1.165, 1.54) is 0 Å². The Hall–Kier alpha value is -6.52. The predicted molar refractivity (Wildman–Crippen MR) is 190 cm³/mol. The topological polar surface area (TPSA) is 141 Å². The van der Waals surface area contributed by atoms with Gasteiger partial charge in [-0.15, -0.1) is 0 Å². The Labute approximate surface area is 290 Å². The number of carbonyl (C=O) groups is 6. The molecule has 0 fully saturated rings.